The van der Waals surface area contributed by atoms with Crippen LogP contribution in [0.1, 0.15) is 12.8 Å². The minimum Gasteiger partial charge on any atom is -0.490 e. The fraction of sp³-hybridized carbons (Fsp3) is 0.222. The van der Waals surface area contributed by atoms with E-state index in [0.717, 1.165) is 65.2 Å². The highest BCUT2D eigenvalue weighted by Crippen LogP contribution is 2.33. The van der Waals surface area contributed by atoms with Crippen LogP contribution in [0, 0.1) is 0 Å². The van der Waals surface area contributed by atoms with Gasteiger partial charge in [0.1, 0.15) is 24.0 Å². The third kappa shape index (κ3) is 4.29. The fourth-order valence-electron chi connectivity index (χ4n) is 4.63. The van der Waals surface area contributed by atoms with Gasteiger partial charge < -0.3 is 15.0 Å². The average molecular weight is 485 g/mol. The standard InChI is InChI=1S/C27H25ClN6O/c1-33(26-24-10-7-20(28)16-25(24)34-17-30-32-27(34)31-26)21-4-2-3-19(15-21)18-5-8-22(9-6-18)35-23-11-13-29-14-12-23/h2-10,15-17,23,29H,11-14H2,1H3. The number of benzene rings is 3. The largest absolute Gasteiger partial charge is 0.490 e. The van der Waals surface area contributed by atoms with Gasteiger partial charge >= 0.3 is 0 Å². The molecule has 1 saturated heterocycles. The highest BCUT2D eigenvalue weighted by Gasteiger charge is 2.16. The number of nitrogens with zero attached hydrogens (tertiary/aromatic N) is 5. The topological polar surface area (TPSA) is 67.6 Å². The molecule has 3 heterocycles. The van der Waals surface area contributed by atoms with Crippen LogP contribution in [0.5, 0.6) is 5.75 Å². The van der Waals surface area contributed by atoms with Gasteiger partial charge in [-0.25, -0.2) is 0 Å². The number of fused-ring (bicyclic) bond motifs is 3. The van der Waals surface area contributed by atoms with Gasteiger partial charge in [0.25, 0.3) is 5.78 Å². The molecule has 0 amide bonds. The molecule has 0 spiro atoms. The summed E-state index contributed by atoms with van der Waals surface area (Å²) in [6, 6.07) is 22.6. The zero-order chi connectivity index (χ0) is 23.8. The lowest BCUT2D eigenvalue weighted by molar-refractivity contribution is 0.162. The van der Waals surface area contributed by atoms with Gasteiger partial charge in [-0.05, 0) is 79.5 Å². The Bertz CT molecular complexity index is 1490. The lowest BCUT2D eigenvalue weighted by atomic mass is 10.0. The van der Waals surface area contributed by atoms with Crippen LogP contribution in [0.15, 0.2) is 73.1 Å². The minimum atomic E-state index is 0.291. The van der Waals surface area contributed by atoms with Gasteiger partial charge in [-0.2, -0.15) is 4.98 Å². The second-order valence-electron chi connectivity index (χ2n) is 8.80. The normalized spacial score (nSPS) is 14.5. The Morgan fingerprint density at radius 3 is 2.66 bits per heavy atom. The number of anilines is 2. The molecule has 1 aliphatic rings. The van der Waals surface area contributed by atoms with Crippen molar-refractivity contribution in [3.8, 4) is 16.9 Å². The molecule has 0 bridgehead atoms. The maximum atomic E-state index is 6.29. The molecule has 1 aliphatic heterocycles. The summed E-state index contributed by atoms with van der Waals surface area (Å²) >= 11 is 6.29. The molecule has 176 valence electrons. The molecule has 1 fully saturated rings. The maximum absolute atomic E-state index is 6.29. The van der Waals surface area contributed by atoms with Gasteiger partial charge in [0.05, 0.1) is 5.52 Å². The first-order valence-corrected chi connectivity index (χ1v) is 12.1. The van der Waals surface area contributed by atoms with E-state index in [1.165, 1.54) is 0 Å². The van der Waals surface area contributed by atoms with Gasteiger partial charge in [0.15, 0.2) is 0 Å². The van der Waals surface area contributed by atoms with E-state index >= 15 is 0 Å². The van der Waals surface area contributed by atoms with Crippen LogP contribution in [-0.4, -0.2) is 45.8 Å². The molecule has 7 nitrogen and oxygen atoms in total. The van der Waals surface area contributed by atoms with Crippen LogP contribution in [0.3, 0.4) is 0 Å². The second kappa shape index (κ2) is 9.17. The number of piperidine rings is 1. The number of nitrogens with one attached hydrogen (secondary N) is 1. The summed E-state index contributed by atoms with van der Waals surface area (Å²) in [6.45, 7) is 2.04. The number of halogens is 1. The van der Waals surface area contributed by atoms with Crippen molar-refractivity contribution in [3.05, 3.63) is 78.1 Å². The molecule has 0 unspecified atom stereocenters. The van der Waals surface area contributed by atoms with Gasteiger partial charge in [0.2, 0.25) is 0 Å². The number of rotatable bonds is 5. The van der Waals surface area contributed by atoms with Crippen molar-refractivity contribution in [2.24, 2.45) is 0 Å². The zero-order valence-corrected chi connectivity index (χ0v) is 20.1. The molecule has 2 aromatic heterocycles. The van der Waals surface area contributed by atoms with Crippen molar-refractivity contribution in [1.29, 1.82) is 0 Å². The Kier molecular flexibility index (Phi) is 5.72. The van der Waals surface area contributed by atoms with Crippen LogP contribution in [0.4, 0.5) is 11.5 Å². The van der Waals surface area contributed by atoms with E-state index in [0.29, 0.717) is 16.9 Å². The molecule has 3 aromatic carbocycles. The summed E-state index contributed by atoms with van der Waals surface area (Å²) < 4.78 is 8.01. The number of hydrogen-bond acceptors (Lipinski definition) is 6. The highest BCUT2D eigenvalue weighted by atomic mass is 35.5. The summed E-state index contributed by atoms with van der Waals surface area (Å²) in [7, 11) is 2.01. The van der Waals surface area contributed by atoms with E-state index in [9.17, 15) is 0 Å². The molecule has 6 rings (SSSR count). The zero-order valence-electron chi connectivity index (χ0n) is 19.4. The van der Waals surface area contributed by atoms with E-state index in [1.807, 2.05) is 29.6 Å². The molecule has 0 atom stereocenters. The number of aromatic nitrogens is 4. The second-order valence-corrected chi connectivity index (χ2v) is 9.24. The van der Waals surface area contributed by atoms with Crippen molar-refractivity contribution < 1.29 is 4.74 Å². The maximum Gasteiger partial charge on any atom is 0.257 e. The Morgan fingerprint density at radius 1 is 1.00 bits per heavy atom. The van der Waals surface area contributed by atoms with E-state index in [-0.39, 0.29) is 0 Å². The Labute approximate surface area is 208 Å². The Balaban J connectivity index is 1.31. The summed E-state index contributed by atoms with van der Waals surface area (Å²) in [4.78, 5) is 6.86. The monoisotopic (exact) mass is 484 g/mol. The highest BCUT2D eigenvalue weighted by molar-refractivity contribution is 6.31. The Morgan fingerprint density at radius 2 is 1.83 bits per heavy atom. The molecule has 0 aliphatic carbocycles. The lowest BCUT2D eigenvalue weighted by Crippen LogP contribution is -2.34. The third-order valence-corrected chi connectivity index (χ3v) is 6.76. The van der Waals surface area contributed by atoms with Crippen LogP contribution in [0.2, 0.25) is 5.02 Å². The van der Waals surface area contributed by atoms with Crippen molar-refractivity contribution in [2.45, 2.75) is 18.9 Å². The molecular weight excluding hydrogens is 460 g/mol. The first kappa shape index (κ1) is 21.8. The van der Waals surface area contributed by atoms with Crippen LogP contribution < -0.4 is 15.0 Å². The van der Waals surface area contributed by atoms with Crippen LogP contribution in [-0.2, 0) is 0 Å². The van der Waals surface area contributed by atoms with Gasteiger partial charge in [0, 0.05) is 23.1 Å². The molecule has 5 aromatic rings. The van der Waals surface area contributed by atoms with Gasteiger partial charge in [-0.1, -0.05) is 35.9 Å². The number of hydrogen-bond donors (Lipinski definition) is 1. The number of ether oxygens (including phenoxy) is 1. The predicted octanol–water partition coefficient (Wildman–Crippen LogP) is 5.50. The quantitative estimate of drug-likeness (QED) is 0.355. The lowest BCUT2D eigenvalue weighted by Gasteiger charge is -2.24. The minimum absolute atomic E-state index is 0.291. The first-order valence-electron chi connectivity index (χ1n) is 11.8. The molecule has 35 heavy (non-hydrogen) atoms. The van der Waals surface area contributed by atoms with Crippen molar-refractivity contribution in [1.82, 2.24) is 24.9 Å². The fourth-order valence-corrected chi connectivity index (χ4v) is 4.79. The van der Waals surface area contributed by atoms with Crippen molar-refractivity contribution in [2.75, 3.05) is 25.0 Å². The summed E-state index contributed by atoms with van der Waals surface area (Å²) in [5.41, 5.74) is 4.19. The summed E-state index contributed by atoms with van der Waals surface area (Å²) in [6.07, 6.45) is 4.04. The summed E-state index contributed by atoms with van der Waals surface area (Å²) in [5, 5.41) is 13.2. The average Bonchev–Trinajstić information content (AvgIpc) is 3.38. The Hall–Kier alpha value is -3.68. The van der Waals surface area contributed by atoms with Crippen molar-refractivity contribution in [3.63, 3.8) is 0 Å². The van der Waals surface area contributed by atoms with E-state index in [1.54, 1.807) is 6.33 Å². The van der Waals surface area contributed by atoms with Crippen molar-refractivity contribution >= 4 is 39.8 Å². The molecule has 0 saturated carbocycles. The molecular formula is C27H25ClN6O. The van der Waals surface area contributed by atoms with E-state index in [4.69, 9.17) is 21.3 Å². The summed E-state index contributed by atoms with van der Waals surface area (Å²) in [5.74, 6) is 2.24. The predicted molar refractivity (Wildman–Crippen MR) is 140 cm³/mol. The SMILES string of the molecule is CN(c1cccc(-c2ccc(OC3CCNCC3)cc2)c1)c1nc2nncn2c2cc(Cl)ccc12. The van der Waals surface area contributed by atoms with Gasteiger partial charge in [-0.3, -0.25) is 4.40 Å². The van der Waals surface area contributed by atoms with Crippen LogP contribution >= 0.6 is 11.6 Å². The van der Waals surface area contributed by atoms with E-state index in [2.05, 4.69) is 68.9 Å². The molecule has 0 radical (unpaired) electrons. The molecule has 1 N–H and O–H groups in total. The third-order valence-electron chi connectivity index (χ3n) is 6.52. The molecule has 8 heteroatoms. The van der Waals surface area contributed by atoms with Crippen LogP contribution in [0.25, 0.3) is 27.8 Å². The van der Waals surface area contributed by atoms with Gasteiger partial charge in [-0.15, -0.1) is 10.2 Å². The smallest absolute Gasteiger partial charge is 0.257 e. The first-order chi connectivity index (χ1) is 17.2. The van der Waals surface area contributed by atoms with E-state index < -0.39 is 0 Å².